The number of methoxy groups -OCH3 is 2. The highest BCUT2D eigenvalue weighted by molar-refractivity contribution is 7.90. The molecule has 9 heteroatoms. The van der Waals surface area contributed by atoms with Gasteiger partial charge in [-0.25, -0.2) is 8.42 Å². The van der Waals surface area contributed by atoms with Crippen LogP contribution < -0.4 is 0 Å². The van der Waals surface area contributed by atoms with Crippen LogP contribution in [0.25, 0.3) is 0 Å². The molecule has 3 rings (SSSR count). The van der Waals surface area contributed by atoms with Crippen molar-refractivity contribution in [3.8, 4) is 0 Å². The zero-order chi connectivity index (χ0) is 16.0. The SMILES string of the molecule is COCCN1C[C@@]23CN(C(=O)COC)C[C@@H](C[C@@H]2S1(=O)=O)O3. The van der Waals surface area contributed by atoms with Gasteiger partial charge in [0.2, 0.25) is 15.9 Å². The van der Waals surface area contributed by atoms with E-state index in [4.69, 9.17) is 14.2 Å². The Morgan fingerprint density at radius 2 is 2.09 bits per heavy atom. The second-order valence-corrected chi connectivity index (χ2v) is 8.22. The zero-order valence-electron chi connectivity index (χ0n) is 12.9. The molecular weight excluding hydrogens is 312 g/mol. The van der Waals surface area contributed by atoms with Crippen LogP contribution in [0.5, 0.6) is 0 Å². The van der Waals surface area contributed by atoms with Crippen LogP contribution in [0.15, 0.2) is 0 Å². The molecule has 3 aliphatic rings. The van der Waals surface area contributed by atoms with Gasteiger partial charge < -0.3 is 19.1 Å². The number of likely N-dealkylation sites (tertiary alicyclic amines) is 1. The topological polar surface area (TPSA) is 85.4 Å². The summed E-state index contributed by atoms with van der Waals surface area (Å²) in [6, 6.07) is 0. The van der Waals surface area contributed by atoms with E-state index < -0.39 is 20.9 Å². The molecule has 126 valence electrons. The van der Waals surface area contributed by atoms with Crippen LogP contribution in [-0.2, 0) is 29.0 Å². The molecule has 3 fully saturated rings. The van der Waals surface area contributed by atoms with Crippen molar-refractivity contribution in [1.82, 2.24) is 9.21 Å². The molecule has 0 aromatic rings. The molecule has 0 aromatic heterocycles. The summed E-state index contributed by atoms with van der Waals surface area (Å²) in [5.74, 6) is -0.122. The lowest BCUT2D eigenvalue weighted by Crippen LogP contribution is -2.57. The number of nitrogens with zero attached hydrogens (tertiary/aromatic N) is 2. The Labute approximate surface area is 130 Å². The fourth-order valence-electron chi connectivity index (χ4n) is 3.75. The third-order valence-electron chi connectivity index (χ3n) is 4.68. The maximum atomic E-state index is 12.7. The minimum atomic E-state index is -3.40. The maximum Gasteiger partial charge on any atom is 0.248 e. The molecule has 3 heterocycles. The predicted octanol–water partition coefficient (Wildman–Crippen LogP) is -1.34. The average Bonchev–Trinajstić information content (AvgIpc) is 2.84. The lowest BCUT2D eigenvalue weighted by atomic mass is 9.99. The fourth-order valence-corrected chi connectivity index (χ4v) is 6.04. The molecule has 8 nitrogen and oxygen atoms in total. The predicted molar refractivity (Wildman–Crippen MR) is 76.8 cm³/mol. The van der Waals surface area contributed by atoms with Gasteiger partial charge in [0.05, 0.1) is 19.3 Å². The van der Waals surface area contributed by atoms with Crippen LogP contribution in [0.1, 0.15) is 6.42 Å². The highest BCUT2D eigenvalue weighted by atomic mass is 32.2. The number of rotatable bonds is 5. The van der Waals surface area contributed by atoms with Crippen LogP contribution >= 0.6 is 0 Å². The number of carbonyl (C=O) groups excluding carboxylic acids is 1. The molecule has 0 aliphatic carbocycles. The van der Waals surface area contributed by atoms with Crippen molar-refractivity contribution in [3.05, 3.63) is 0 Å². The van der Waals surface area contributed by atoms with Crippen LogP contribution in [0.2, 0.25) is 0 Å². The van der Waals surface area contributed by atoms with E-state index in [1.54, 1.807) is 12.0 Å². The van der Waals surface area contributed by atoms with E-state index in [9.17, 15) is 13.2 Å². The lowest BCUT2D eigenvalue weighted by Gasteiger charge is -2.39. The molecule has 3 aliphatic heterocycles. The van der Waals surface area contributed by atoms with E-state index in [-0.39, 0.29) is 25.2 Å². The minimum absolute atomic E-state index is 0.00755. The molecule has 0 saturated carbocycles. The standard InChI is InChI=1S/C13H22N2O6S/c1-19-4-3-15-9-13-8-14(12(16)7-20-2)6-10(21-13)5-11(13)22(15,17)18/h10-11H,3-9H2,1-2H3/t10-,11+,13+/m1/s1. The summed E-state index contributed by atoms with van der Waals surface area (Å²) in [4.78, 5) is 13.8. The van der Waals surface area contributed by atoms with E-state index >= 15 is 0 Å². The molecule has 3 atom stereocenters. The van der Waals surface area contributed by atoms with Gasteiger partial charge in [-0.3, -0.25) is 4.79 Å². The first-order valence-corrected chi connectivity index (χ1v) is 8.86. The van der Waals surface area contributed by atoms with Gasteiger partial charge in [0.25, 0.3) is 0 Å². The molecule has 1 amide bonds. The van der Waals surface area contributed by atoms with Crippen molar-refractivity contribution in [2.75, 3.05) is 53.6 Å². The van der Waals surface area contributed by atoms with Crippen molar-refractivity contribution < 1.29 is 27.4 Å². The van der Waals surface area contributed by atoms with Crippen molar-refractivity contribution in [2.45, 2.75) is 23.4 Å². The minimum Gasteiger partial charge on any atom is -0.383 e. The second kappa shape index (κ2) is 5.72. The molecule has 0 radical (unpaired) electrons. The van der Waals surface area contributed by atoms with Crippen LogP contribution in [0, 0.1) is 0 Å². The smallest absolute Gasteiger partial charge is 0.248 e. The summed E-state index contributed by atoms with van der Waals surface area (Å²) in [5, 5.41) is -0.567. The van der Waals surface area contributed by atoms with E-state index in [0.29, 0.717) is 32.7 Å². The van der Waals surface area contributed by atoms with Crippen LogP contribution in [-0.4, -0.2) is 94.1 Å². The Morgan fingerprint density at radius 3 is 2.77 bits per heavy atom. The van der Waals surface area contributed by atoms with Gasteiger partial charge in [0, 0.05) is 33.9 Å². The molecular formula is C13H22N2O6S. The first-order valence-electron chi connectivity index (χ1n) is 7.35. The van der Waals surface area contributed by atoms with Crippen molar-refractivity contribution in [3.63, 3.8) is 0 Å². The molecule has 0 N–H and O–H groups in total. The third kappa shape index (κ3) is 2.44. The van der Waals surface area contributed by atoms with Gasteiger partial charge in [-0.15, -0.1) is 0 Å². The second-order valence-electron chi connectivity index (χ2n) is 6.11. The number of morpholine rings is 1. The Morgan fingerprint density at radius 1 is 1.32 bits per heavy atom. The Bertz CT molecular complexity index is 553. The van der Waals surface area contributed by atoms with E-state index in [2.05, 4.69) is 0 Å². The molecule has 3 saturated heterocycles. The number of fused-ring (bicyclic) bond motifs is 1. The summed E-state index contributed by atoms with van der Waals surface area (Å²) in [6.45, 7) is 1.70. The van der Waals surface area contributed by atoms with Crippen molar-refractivity contribution >= 4 is 15.9 Å². The van der Waals surface area contributed by atoms with Gasteiger partial charge in [0.15, 0.2) is 0 Å². The number of hydrogen-bond donors (Lipinski definition) is 0. The monoisotopic (exact) mass is 334 g/mol. The summed E-state index contributed by atoms with van der Waals surface area (Å²) >= 11 is 0. The van der Waals surface area contributed by atoms with Gasteiger partial charge in [-0.2, -0.15) is 4.31 Å². The highest BCUT2D eigenvalue weighted by Gasteiger charge is 2.65. The zero-order valence-corrected chi connectivity index (χ0v) is 13.7. The number of amides is 1. The van der Waals surface area contributed by atoms with Gasteiger partial charge in [-0.1, -0.05) is 0 Å². The third-order valence-corrected chi connectivity index (χ3v) is 7.05. The number of hydrogen-bond acceptors (Lipinski definition) is 6. The summed E-state index contributed by atoms with van der Waals surface area (Å²) in [7, 11) is -0.388. The van der Waals surface area contributed by atoms with Gasteiger partial charge >= 0.3 is 0 Å². The van der Waals surface area contributed by atoms with E-state index in [1.807, 2.05) is 0 Å². The molecule has 0 aromatic carbocycles. The summed E-state index contributed by atoms with van der Waals surface area (Å²) < 4.78 is 42.7. The highest BCUT2D eigenvalue weighted by Crippen LogP contribution is 2.46. The summed E-state index contributed by atoms with van der Waals surface area (Å²) in [6.07, 6.45) is 0.238. The molecule has 0 unspecified atom stereocenters. The van der Waals surface area contributed by atoms with E-state index in [0.717, 1.165) is 0 Å². The van der Waals surface area contributed by atoms with Crippen LogP contribution in [0.3, 0.4) is 0 Å². The fraction of sp³-hybridized carbons (Fsp3) is 0.923. The Hall–Kier alpha value is -0.740. The first kappa shape index (κ1) is 16.1. The summed E-state index contributed by atoms with van der Waals surface area (Å²) in [5.41, 5.74) is -0.807. The van der Waals surface area contributed by atoms with Crippen molar-refractivity contribution in [2.24, 2.45) is 0 Å². The number of sulfonamides is 1. The molecule has 2 bridgehead atoms. The average molecular weight is 334 g/mol. The van der Waals surface area contributed by atoms with Gasteiger partial charge in [-0.05, 0) is 6.42 Å². The van der Waals surface area contributed by atoms with Crippen LogP contribution in [0.4, 0.5) is 0 Å². The molecule has 22 heavy (non-hydrogen) atoms. The van der Waals surface area contributed by atoms with E-state index in [1.165, 1.54) is 11.4 Å². The molecule has 1 spiro atoms. The quantitative estimate of drug-likeness (QED) is 0.619. The first-order chi connectivity index (χ1) is 10.4. The Kier molecular flexibility index (Phi) is 4.19. The lowest BCUT2D eigenvalue weighted by molar-refractivity contribution is -0.154. The Balaban J connectivity index is 1.81. The van der Waals surface area contributed by atoms with Crippen molar-refractivity contribution in [1.29, 1.82) is 0 Å². The number of ether oxygens (including phenoxy) is 3. The normalized spacial score (nSPS) is 36.5. The number of carbonyl (C=O) groups is 1. The van der Waals surface area contributed by atoms with Gasteiger partial charge in [0.1, 0.15) is 17.5 Å². The maximum absolute atomic E-state index is 12.7. The largest absolute Gasteiger partial charge is 0.383 e.